The molecule has 0 atom stereocenters. The van der Waals surface area contributed by atoms with Crippen LogP contribution in [0.25, 0.3) is 229 Å². The van der Waals surface area contributed by atoms with E-state index in [0.29, 0.717) is 69.9 Å². The van der Waals surface area contributed by atoms with Gasteiger partial charge in [-0.3, -0.25) is 0 Å². The highest BCUT2D eigenvalue weighted by Crippen LogP contribution is 2.64. The molecule has 0 saturated heterocycles. The molecular formula is C131H89N13OS. The van der Waals surface area contributed by atoms with Crippen molar-refractivity contribution >= 4 is 75.3 Å². The SMILES string of the molecule is Cc1cccc2c1-c1ccc(-c3nc(-c4ccccc4)nc(-c4ccccc4)n3)cc1C21c2ccccc2-c2ccccc21.Cc1cccc2c1c1cc(-c3nc(-c4ccccc4)nc(-c4ccccc4)n3)ccc1n2-c1ccccc1.Cc1cccc2oc3ccc(-c4nc(-c5ccccc5)nc(-c5ccccc5)n4)cc3c12.Cc1cccc2sc3ccc(-c4nc(-c5ccccc5)nc(-c5ccccc5)n4)cc3c12. The molecule has 0 aliphatic heterocycles. The number of fused-ring (bicyclic) bond motifs is 19. The van der Waals surface area contributed by atoms with Crippen molar-refractivity contribution < 1.29 is 4.42 Å². The zero-order valence-electron chi connectivity index (χ0n) is 80.1. The van der Waals surface area contributed by atoms with Gasteiger partial charge in [0.05, 0.1) is 16.4 Å². The Bertz CT molecular complexity index is 8950. The van der Waals surface area contributed by atoms with Crippen LogP contribution in [0.5, 0.6) is 0 Å². The van der Waals surface area contributed by atoms with E-state index >= 15 is 0 Å². The van der Waals surface area contributed by atoms with Gasteiger partial charge in [-0.05, 0) is 185 Å². The first-order chi connectivity index (χ1) is 72.0. The maximum Gasteiger partial charge on any atom is 0.164 e. The minimum absolute atomic E-state index is 0.419. The molecule has 2 aliphatic carbocycles. The standard InChI is InChI=1S/C41H27N3.C34H24N4.C28H19N3O.C28H19N3S/c1-26-13-12-22-35-37(26)32-24-23-29(25-36(32)41(35)33-20-10-8-18-30(33)31-19-9-11-21-34(31)41)40-43-38(27-14-4-2-5-15-27)42-39(44-40)28-16-6-3-7-17-28;1-23-12-11-19-30-31(23)28-22-26(20-21-29(28)38(30)27-17-9-4-10-18-27)34-36-32(24-13-5-2-6-14-24)35-33(37-34)25-15-7-3-8-16-25;2*1-18-9-8-14-24-25(18)22-17-21(15-16-23(22)32-24)28-30-26(19-10-4-2-5-11-19)29-27(31-28)20-12-6-3-7-13-20/h2-25H,1H3;2-22H,1H3;2*2-17H,1H3. The van der Waals surface area contributed by atoms with Crippen molar-refractivity contribution in [2.24, 2.45) is 0 Å². The minimum atomic E-state index is -0.419. The average Bonchev–Trinajstić information content (AvgIpc) is 1.50. The Balaban J connectivity index is 0.000000102. The molecule has 26 aromatic rings. The molecule has 0 unspecified atom stereocenters. The van der Waals surface area contributed by atoms with Crippen LogP contribution in [0.4, 0.5) is 0 Å². The summed E-state index contributed by atoms with van der Waals surface area (Å²) in [6.07, 6.45) is 0. The third-order valence-electron chi connectivity index (χ3n) is 27.6. The Morgan fingerprint density at radius 1 is 0.199 bits per heavy atom. The molecule has 0 radical (unpaired) electrons. The summed E-state index contributed by atoms with van der Waals surface area (Å²) < 4.78 is 11.0. The summed E-state index contributed by atoms with van der Waals surface area (Å²) in [7, 11) is 0. The highest BCUT2D eigenvalue weighted by atomic mass is 32.1. The lowest BCUT2D eigenvalue weighted by Gasteiger charge is -2.30. The fourth-order valence-corrected chi connectivity index (χ4v) is 22.0. The summed E-state index contributed by atoms with van der Waals surface area (Å²) >= 11 is 1.83. The number of rotatable bonds is 13. The summed E-state index contributed by atoms with van der Waals surface area (Å²) in [5.41, 5.74) is 31.9. The molecule has 15 heteroatoms. The van der Waals surface area contributed by atoms with Crippen LogP contribution in [-0.4, -0.2) is 64.4 Å². The van der Waals surface area contributed by atoms with Crippen LogP contribution in [0.15, 0.2) is 472 Å². The topological polar surface area (TPSA) is 173 Å². The molecule has 19 aromatic carbocycles. The third kappa shape index (κ3) is 16.3. The van der Waals surface area contributed by atoms with E-state index in [1.54, 1.807) is 0 Å². The van der Waals surface area contributed by atoms with E-state index < -0.39 is 5.41 Å². The maximum absolute atomic E-state index is 6.06. The number of thiophene rings is 1. The monoisotopic (exact) mass is 1890 g/mol. The van der Waals surface area contributed by atoms with Crippen LogP contribution in [0.3, 0.4) is 0 Å². The van der Waals surface area contributed by atoms with Gasteiger partial charge in [0, 0.05) is 114 Å². The summed E-state index contributed by atoms with van der Waals surface area (Å²) in [6, 6.07) is 161. The normalized spacial score (nSPS) is 11.9. The second kappa shape index (κ2) is 37.9. The lowest BCUT2D eigenvalue weighted by molar-refractivity contribution is 0.669. The van der Waals surface area contributed by atoms with Crippen LogP contribution in [0.2, 0.25) is 0 Å². The van der Waals surface area contributed by atoms with E-state index in [0.717, 1.165) is 99.9 Å². The van der Waals surface area contributed by atoms with Gasteiger partial charge in [0.1, 0.15) is 11.2 Å². The molecule has 0 N–H and O–H groups in total. The molecule has 0 saturated carbocycles. The van der Waals surface area contributed by atoms with Gasteiger partial charge < -0.3 is 8.98 Å². The molecule has 28 rings (SSSR count). The second-order valence-electron chi connectivity index (χ2n) is 36.6. The van der Waals surface area contributed by atoms with Crippen molar-refractivity contribution in [3.05, 3.63) is 512 Å². The first kappa shape index (κ1) is 88.5. The van der Waals surface area contributed by atoms with Crippen molar-refractivity contribution in [2.75, 3.05) is 0 Å². The largest absolute Gasteiger partial charge is 0.456 e. The molecule has 0 bridgehead atoms. The van der Waals surface area contributed by atoms with Crippen LogP contribution < -0.4 is 0 Å². The van der Waals surface area contributed by atoms with E-state index in [2.05, 4.69) is 257 Å². The number of aromatic nitrogens is 13. The Labute approximate surface area is 847 Å². The first-order valence-electron chi connectivity index (χ1n) is 48.9. The molecule has 690 valence electrons. The Morgan fingerprint density at radius 2 is 0.521 bits per heavy atom. The second-order valence-corrected chi connectivity index (χ2v) is 37.7. The number of nitrogens with zero attached hydrogens (tertiary/aromatic N) is 13. The van der Waals surface area contributed by atoms with Crippen LogP contribution in [0, 0.1) is 27.7 Å². The third-order valence-corrected chi connectivity index (χ3v) is 28.7. The lowest BCUT2D eigenvalue weighted by atomic mass is 9.70. The minimum Gasteiger partial charge on any atom is -0.456 e. The first-order valence-corrected chi connectivity index (χ1v) is 49.7. The smallest absolute Gasteiger partial charge is 0.164 e. The van der Waals surface area contributed by atoms with Crippen molar-refractivity contribution in [1.82, 2.24) is 64.4 Å². The zero-order chi connectivity index (χ0) is 97.7. The Kier molecular flexibility index (Phi) is 23.0. The number of aryl methyl sites for hydroxylation is 4. The fourth-order valence-electron chi connectivity index (χ4n) is 20.8. The number of furan rings is 1. The van der Waals surface area contributed by atoms with Gasteiger partial charge in [0.25, 0.3) is 0 Å². The molecule has 0 fully saturated rings. The predicted molar refractivity (Wildman–Crippen MR) is 594 cm³/mol. The Morgan fingerprint density at radius 3 is 0.959 bits per heavy atom. The molecule has 0 amide bonds. The van der Waals surface area contributed by atoms with Crippen molar-refractivity contribution in [1.29, 1.82) is 0 Å². The summed E-state index contributed by atoms with van der Waals surface area (Å²) in [4.78, 5) is 58.8. The van der Waals surface area contributed by atoms with Crippen molar-refractivity contribution in [2.45, 2.75) is 33.1 Å². The van der Waals surface area contributed by atoms with Crippen molar-refractivity contribution in [3.8, 4) is 165 Å². The molecular weight excluding hydrogens is 1800 g/mol. The van der Waals surface area contributed by atoms with Gasteiger partial charge in [-0.1, -0.05) is 376 Å². The summed E-state index contributed by atoms with van der Waals surface area (Å²) in [5.74, 6) is 8.00. The van der Waals surface area contributed by atoms with Gasteiger partial charge >= 0.3 is 0 Å². The van der Waals surface area contributed by atoms with Crippen LogP contribution in [0.1, 0.15) is 44.5 Å². The van der Waals surface area contributed by atoms with Crippen molar-refractivity contribution in [3.63, 3.8) is 0 Å². The number of para-hydroxylation sites is 1. The number of hydrogen-bond acceptors (Lipinski definition) is 14. The molecule has 1 spiro atoms. The van der Waals surface area contributed by atoms with E-state index in [4.69, 9.17) is 64.2 Å². The molecule has 2 aliphatic rings. The van der Waals surface area contributed by atoms with E-state index in [1.807, 2.05) is 254 Å². The van der Waals surface area contributed by atoms with Crippen LogP contribution >= 0.6 is 11.3 Å². The van der Waals surface area contributed by atoms with E-state index in [1.165, 1.54) is 103 Å². The number of benzene rings is 19. The maximum atomic E-state index is 6.06. The number of hydrogen-bond donors (Lipinski definition) is 0. The highest BCUT2D eigenvalue weighted by molar-refractivity contribution is 7.25. The molecule has 14 nitrogen and oxygen atoms in total. The predicted octanol–water partition coefficient (Wildman–Crippen LogP) is 32.4. The molecule has 7 heterocycles. The van der Waals surface area contributed by atoms with E-state index in [9.17, 15) is 0 Å². The summed E-state index contributed by atoms with van der Waals surface area (Å²) in [6.45, 7) is 8.68. The highest BCUT2D eigenvalue weighted by Gasteiger charge is 2.52. The van der Waals surface area contributed by atoms with Gasteiger partial charge in [0.15, 0.2) is 69.9 Å². The zero-order valence-corrected chi connectivity index (χ0v) is 80.9. The Hall–Kier alpha value is -19.0. The fraction of sp³-hybridized carbons (Fsp3) is 0.0382. The van der Waals surface area contributed by atoms with E-state index in [-0.39, 0.29) is 0 Å². The quantitative estimate of drug-likeness (QED) is 0.107. The van der Waals surface area contributed by atoms with Crippen LogP contribution in [-0.2, 0) is 5.41 Å². The average molecular weight is 1890 g/mol. The van der Waals surface area contributed by atoms with Gasteiger partial charge in [-0.15, -0.1) is 11.3 Å². The van der Waals surface area contributed by atoms with Gasteiger partial charge in [0.2, 0.25) is 0 Å². The van der Waals surface area contributed by atoms with Gasteiger partial charge in [-0.25, -0.2) is 59.8 Å². The lowest BCUT2D eigenvalue weighted by Crippen LogP contribution is -2.26. The van der Waals surface area contributed by atoms with Gasteiger partial charge in [-0.2, -0.15) is 0 Å². The molecule has 146 heavy (non-hydrogen) atoms. The summed E-state index contributed by atoms with van der Waals surface area (Å²) in [5, 5.41) is 7.19. The molecule has 7 aromatic heterocycles.